The van der Waals surface area contributed by atoms with E-state index >= 15 is 0 Å². The third-order valence-electron chi connectivity index (χ3n) is 9.82. The van der Waals surface area contributed by atoms with Crippen molar-refractivity contribution in [3.05, 3.63) is 228 Å². The Morgan fingerprint density at radius 1 is 0.333 bits per heavy atom. The lowest BCUT2D eigenvalue weighted by atomic mass is 9.78. The van der Waals surface area contributed by atoms with Gasteiger partial charge in [0.1, 0.15) is 11.2 Å². The lowest BCUT2D eigenvalue weighted by molar-refractivity contribution is -0.0536. The largest absolute Gasteiger partial charge is 0.361 e. The first-order chi connectivity index (χ1) is 23.8. The van der Waals surface area contributed by atoms with Crippen molar-refractivity contribution < 1.29 is 9.47 Å². The topological polar surface area (TPSA) is 18.5 Å². The molecular formula is C46H42O2. The molecule has 0 fully saturated rings. The molecule has 0 amide bonds. The third kappa shape index (κ3) is 6.30. The van der Waals surface area contributed by atoms with Crippen molar-refractivity contribution >= 4 is 0 Å². The van der Waals surface area contributed by atoms with Crippen molar-refractivity contribution in [1.29, 1.82) is 0 Å². The highest BCUT2D eigenvalue weighted by atomic mass is 16.5. The second-order valence-electron chi connectivity index (χ2n) is 12.6. The first kappa shape index (κ1) is 31.6. The van der Waals surface area contributed by atoms with Gasteiger partial charge in [-0.1, -0.05) is 194 Å². The van der Waals surface area contributed by atoms with Crippen LogP contribution < -0.4 is 0 Å². The molecule has 0 aromatic heterocycles. The van der Waals surface area contributed by atoms with Gasteiger partial charge in [0.15, 0.2) is 0 Å². The van der Waals surface area contributed by atoms with E-state index in [2.05, 4.69) is 194 Å². The minimum atomic E-state index is -0.752. The molecule has 6 aromatic carbocycles. The molecule has 0 bridgehead atoms. The Kier molecular flexibility index (Phi) is 9.75. The molecule has 6 aromatic rings. The van der Waals surface area contributed by atoms with E-state index in [1.54, 1.807) is 0 Å². The molecule has 1 aliphatic carbocycles. The van der Waals surface area contributed by atoms with Gasteiger partial charge in [-0.2, -0.15) is 0 Å². The standard InChI is InChI=1S/C46H42O2/c1-7-23-39(24-8-1)45(40-25-9-2-10-26-40,41-27-11-3-12-28-41)47-35-37-21-19-20-22-38(37)36-48-46(42-29-13-4-14-30-42,43-31-15-5-16-32-43)44-33-17-6-18-34-44/h1-20,23-34,37-38H,21-22,35-36H2/t37-,38+. The van der Waals surface area contributed by atoms with Gasteiger partial charge >= 0.3 is 0 Å². The van der Waals surface area contributed by atoms with E-state index in [9.17, 15) is 0 Å². The normalized spacial score (nSPS) is 16.4. The number of ether oxygens (including phenoxy) is 2. The van der Waals surface area contributed by atoms with E-state index < -0.39 is 11.2 Å². The van der Waals surface area contributed by atoms with Crippen LogP contribution in [0.15, 0.2) is 194 Å². The Hall–Kier alpha value is -5.02. The summed E-state index contributed by atoms with van der Waals surface area (Å²) < 4.78 is 14.7. The van der Waals surface area contributed by atoms with Gasteiger partial charge in [-0.15, -0.1) is 0 Å². The summed E-state index contributed by atoms with van der Waals surface area (Å²) in [7, 11) is 0. The smallest absolute Gasteiger partial charge is 0.143 e. The second-order valence-corrected chi connectivity index (χ2v) is 12.6. The van der Waals surface area contributed by atoms with Crippen LogP contribution in [0.3, 0.4) is 0 Å². The van der Waals surface area contributed by atoms with Crippen molar-refractivity contribution in [2.24, 2.45) is 11.8 Å². The maximum atomic E-state index is 7.35. The fourth-order valence-corrected chi connectivity index (χ4v) is 7.34. The van der Waals surface area contributed by atoms with Gasteiger partial charge in [0, 0.05) is 0 Å². The molecule has 48 heavy (non-hydrogen) atoms. The molecule has 0 N–H and O–H groups in total. The fraction of sp³-hybridized carbons (Fsp3) is 0.174. The van der Waals surface area contributed by atoms with Gasteiger partial charge in [-0.25, -0.2) is 0 Å². The minimum absolute atomic E-state index is 0.269. The van der Waals surface area contributed by atoms with E-state index in [-0.39, 0.29) is 11.8 Å². The average molecular weight is 627 g/mol. The predicted octanol–water partition coefficient (Wildman–Crippen LogP) is 10.6. The first-order valence-corrected chi connectivity index (χ1v) is 17.1. The molecule has 7 rings (SSSR count). The van der Waals surface area contributed by atoms with Crippen LogP contribution in [0.5, 0.6) is 0 Å². The van der Waals surface area contributed by atoms with Crippen LogP contribution in [0.25, 0.3) is 0 Å². The van der Waals surface area contributed by atoms with E-state index in [0.717, 1.165) is 46.2 Å². The molecule has 0 unspecified atom stereocenters. The predicted molar refractivity (Wildman–Crippen MR) is 196 cm³/mol. The van der Waals surface area contributed by atoms with Crippen molar-refractivity contribution in [2.45, 2.75) is 24.0 Å². The van der Waals surface area contributed by atoms with Crippen LogP contribution in [0.2, 0.25) is 0 Å². The van der Waals surface area contributed by atoms with Crippen LogP contribution in [-0.2, 0) is 20.7 Å². The number of benzene rings is 6. The number of allylic oxidation sites excluding steroid dienone is 2. The van der Waals surface area contributed by atoms with Gasteiger partial charge in [0.25, 0.3) is 0 Å². The molecular weight excluding hydrogens is 585 g/mol. The van der Waals surface area contributed by atoms with E-state index in [0.29, 0.717) is 13.2 Å². The van der Waals surface area contributed by atoms with Gasteiger partial charge in [0.05, 0.1) is 13.2 Å². The highest BCUT2D eigenvalue weighted by molar-refractivity contribution is 5.49. The SMILES string of the molecule is C1=CC[C@@H](COC(c2ccccc2)(c2ccccc2)c2ccccc2)[C@@H](COC(c2ccccc2)(c2ccccc2)c2ccccc2)C1. The molecule has 0 aliphatic heterocycles. The van der Waals surface area contributed by atoms with Crippen molar-refractivity contribution in [1.82, 2.24) is 0 Å². The quantitative estimate of drug-likeness (QED) is 0.0994. The van der Waals surface area contributed by atoms with Gasteiger partial charge < -0.3 is 9.47 Å². The van der Waals surface area contributed by atoms with Crippen LogP contribution in [-0.4, -0.2) is 13.2 Å². The fourth-order valence-electron chi connectivity index (χ4n) is 7.34. The summed E-state index contributed by atoms with van der Waals surface area (Å²) in [5.41, 5.74) is 5.23. The summed E-state index contributed by atoms with van der Waals surface area (Å²) in [5, 5.41) is 0. The Bertz CT molecular complexity index is 1520. The molecule has 0 heterocycles. The van der Waals surface area contributed by atoms with Crippen LogP contribution in [0.4, 0.5) is 0 Å². The van der Waals surface area contributed by atoms with E-state index in [1.165, 1.54) is 0 Å². The molecule has 0 saturated heterocycles. The average Bonchev–Trinajstić information content (AvgIpc) is 3.18. The first-order valence-electron chi connectivity index (χ1n) is 17.1. The van der Waals surface area contributed by atoms with Gasteiger partial charge in [-0.3, -0.25) is 0 Å². The Balaban J connectivity index is 1.24. The zero-order valence-electron chi connectivity index (χ0n) is 27.3. The van der Waals surface area contributed by atoms with E-state index in [4.69, 9.17) is 9.47 Å². The van der Waals surface area contributed by atoms with E-state index in [1.807, 2.05) is 0 Å². The number of hydrogen-bond acceptors (Lipinski definition) is 2. The monoisotopic (exact) mass is 626 g/mol. The summed E-state index contributed by atoms with van der Waals surface area (Å²) in [6.45, 7) is 1.18. The molecule has 2 heteroatoms. The summed E-state index contributed by atoms with van der Waals surface area (Å²) in [5.74, 6) is 0.538. The zero-order valence-corrected chi connectivity index (χ0v) is 27.3. The molecule has 2 atom stereocenters. The van der Waals surface area contributed by atoms with Crippen LogP contribution in [0, 0.1) is 11.8 Å². The molecule has 0 spiro atoms. The molecule has 238 valence electrons. The summed E-state index contributed by atoms with van der Waals surface area (Å²) in [6, 6.07) is 64.0. The lowest BCUT2D eigenvalue weighted by Crippen LogP contribution is -2.39. The third-order valence-corrected chi connectivity index (χ3v) is 9.82. The Labute approximate surface area is 285 Å². The van der Waals surface area contributed by atoms with Gasteiger partial charge in [0.2, 0.25) is 0 Å². The Morgan fingerprint density at radius 3 is 0.750 bits per heavy atom. The zero-order chi connectivity index (χ0) is 32.5. The van der Waals surface area contributed by atoms with Crippen molar-refractivity contribution in [2.75, 3.05) is 13.2 Å². The summed E-state index contributed by atoms with van der Waals surface area (Å²) >= 11 is 0. The highest BCUT2D eigenvalue weighted by Gasteiger charge is 2.41. The minimum Gasteiger partial charge on any atom is -0.361 e. The van der Waals surface area contributed by atoms with Crippen molar-refractivity contribution in [3.8, 4) is 0 Å². The molecule has 0 radical (unpaired) electrons. The summed E-state index contributed by atoms with van der Waals surface area (Å²) in [6.07, 6.45) is 6.52. The molecule has 2 nitrogen and oxygen atoms in total. The number of hydrogen-bond donors (Lipinski definition) is 0. The maximum Gasteiger partial charge on any atom is 0.143 e. The molecule has 0 saturated carbocycles. The number of rotatable bonds is 12. The maximum absolute atomic E-state index is 7.35. The van der Waals surface area contributed by atoms with Gasteiger partial charge in [-0.05, 0) is 58.1 Å². The Morgan fingerprint density at radius 2 is 0.542 bits per heavy atom. The van der Waals surface area contributed by atoms with Crippen LogP contribution in [0.1, 0.15) is 46.2 Å². The van der Waals surface area contributed by atoms with Crippen molar-refractivity contribution in [3.63, 3.8) is 0 Å². The summed E-state index contributed by atoms with van der Waals surface area (Å²) in [4.78, 5) is 0. The molecule has 1 aliphatic rings. The second kappa shape index (κ2) is 14.8. The van der Waals surface area contributed by atoms with Crippen LogP contribution >= 0.6 is 0 Å². The highest BCUT2D eigenvalue weighted by Crippen LogP contribution is 2.44. The lowest BCUT2D eigenvalue weighted by Gasteiger charge is -2.40.